The van der Waals surface area contributed by atoms with E-state index >= 15 is 0 Å². The van der Waals surface area contributed by atoms with Crippen LogP contribution in [0.25, 0.3) is 0 Å². The molecule has 2 saturated heterocycles. The zero-order valence-corrected chi connectivity index (χ0v) is 14.3. The summed E-state index contributed by atoms with van der Waals surface area (Å²) < 4.78 is 0. The summed E-state index contributed by atoms with van der Waals surface area (Å²) in [4.78, 5) is 4.97. The molecular weight excluding hydrogens is 276 g/mol. The van der Waals surface area contributed by atoms with Gasteiger partial charge in [-0.3, -0.25) is 9.80 Å². The van der Waals surface area contributed by atoms with Gasteiger partial charge in [0.1, 0.15) is 0 Å². The second kappa shape index (κ2) is 9.02. The molecule has 0 unspecified atom stereocenters. The van der Waals surface area contributed by atoms with Gasteiger partial charge in [0, 0.05) is 51.5 Å². The van der Waals surface area contributed by atoms with Crippen molar-refractivity contribution in [2.24, 2.45) is 11.8 Å². The van der Waals surface area contributed by atoms with Crippen molar-refractivity contribution in [2.75, 3.05) is 39.4 Å². The molecule has 4 atom stereocenters. The molecule has 2 rings (SSSR count). The largest absolute Gasteiger partial charge is 0.396 e. The number of nitrogens with zero attached hydrogens (tertiary/aromatic N) is 2. The lowest BCUT2D eigenvalue weighted by Gasteiger charge is -2.37. The van der Waals surface area contributed by atoms with Crippen LogP contribution >= 0.6 is 0 Å². The first kappa shape index (κ1) is 17.9. The van der Waals surface area contributed by atoms with E-state index in [0.717, 1.165) is 39.0 Å². The average Bonchev–Trinajstić information content (AvgIpc) is 2.54. The Morgan fingerprint density at radius 2 is 1.18 bits per heavy atom. The van der Waals surface area contributed by atoms with E-state index in [1.807, 2.05) is 0 Å². The second-order valence-electron chi connectivity index (χ2n) is 7.33. The number of likely N-dealkylation sites (tertiary alicyclic amines) is 2. The van der Waals surface area contributed by atoms with E-state index in [0.29, 0.717) is 37.1 Å². The van der Waals surface area contributed by atoms with E-state index in [-0.39, 0.29) is 0 Å². The molecular formula is C18H34N2O2. The molecule has 4 heteroatoms. The highest BCUT2D eigenvalue weighted by Gasteiger charge is 2.25. The number of aliphatic hydroxyl groups is 2. The fourth-order valence-corrected chi connectivity index (χ4v) is 3.75. The van der Waals surface area contributed by atoms with E-state index < -0.39 is 0 Å². The zero-order chi connectivity index (χ0) is 15.9. The molecule has 128 valence electrons. The standard InChI is InChI=1S/C18H34N2O2/c1-15-5-7-17(13-21)11-19(15)9-3-4-10-20-12-18(14-22)8-6-16(20)2/h3-4,15-18,21-22H,5-14H2,1-2H3/b4-3+/t15-,16+,17-,18-/m0/s1. The maximum absolute atomic E-state index is 9.34. The van der Waals surface area contributed by atoms with Gasteiger partial charge in [0.25, 0.3) is 0 Å². The van der Waals surface area contributed by atoms with Gasteiger partial charge in [-0.15, -0.1) is 0 Å². The molecule has 0 aromatic rings. The lowest BCUT2D eigenvalue weighted by molar-refractivity contribution is 0.0895. The van der Waals surface area contributed by atoms with Gasteiger partial charge < -0.3 is 10.2 Å². The van der Waals surface area contributed by atoms with Gasteiger partial charge in [0.05, 0.1) is 0 Å². The van der Waals surface area contributed by atoms with Crippen molar-refractivity contribution in [3.8, 4) is 0 Å². The van der Waals surface area contributed by atoms with Gasteiger partial charge in [-0.2, -0.15) is 0 Å². The molecule has 0 saturated carbocycles. The van der Waals surface area contributed by atoms with Crippen LogP contribution < -0.4 is 0 Å². The number of rotatable bonds is 6. The van der Waals surface area contributed by atoms with Gasteiger partial charge in [-0.25, -0.2) is 0 Å². The normalized spacial score (nSPS) is 35.3. The Bertz CT molecular complexity index is 316. The van der Waals surface area contributed by atoms with Crippen molar-refractivity contribution >= 4 is 0 Å². The highest BCUT2D eigenvalue weighted by atomic mass is 16.3. The minimum absolute atomic E-state index is 0.320. The van der Waals surface area contributed by atoms with Crippen LogP contribution in [0.3, 0.4) is 0 Å². The number of hydrogen-bond acceptors (Lipinski definition) is 4. The molecule has 0 spiro atoms. The van der Waals surface area contributed by atoms with Crippen LogP contribution in [0.2, 0.25) is 0 Å². The Hall–Kier alpha value is -0.420. The minimum Gasteiger partial charge on any atom is -0.396 e. The fraction of sp³-hybridized carbons (Fsp3) is 0.889. The SMILES string of the molecule is C[C@@H]1CC[C@H](CO)CN1C/C=C/CN1C[C@@H](CO)CC[C@@H]1C. The van der Waals surface area contributed by atoms with Crippen molar-refractivity contribution < 1.29 is 10.2 Å². The highest BCUT2D eigenvalue weighted by Crippen LogP contribution is 2.22. The topological polar surface area (TPSA) is 46.9 Å². The zero-order valence-electron chi connectivity index (χ0n) is 14.3. The summed E-state index contributed by atoms with van der Waals surface area (Å²) in [5.41, 5.74) is 0. The molecule has 22 heavy (non-hydrogen) atoms. The molecule has 2 N–H and O–H groups in total. The van der Waals surface area contributed by atoms with E-state index in [1.165, 1.54) is 12.8 Å². The fourth-order valence-electron chi connectivity index (χ4n) is 3.75. The van der Waals surface area contributed by atoms with Crippen LogP contribution in [-0.4, -0.2) is 71.5 Å². The predicted molar refractivity (Wildman–Crippen MR) is 90.8 cm³/mol. The summed E-state index contributed by atoms with van der Waals surface area (Å²) in [5.74, 6) is 0.911. The number of piperidine rings is 2. The maximum Gasteiger partial charge on any atom is 0.0471 e. The van der Waals surface area contributed by atoms with Crippen LogP contribution in [0, 0.1) is 11.8 Å². The maximum atomic E-state index is 9.34. The molecule has 2 fully saturated rings. The summed E-state index contributed by atoms with van der Waals surface area (Å²) in [6.07, 6.45) is 9.27. The van der Waals surface area contributed by atoms with E-state index in [1.54, 1.807) is 0 Å². The first-order chi connectivity index (χ1) is 10.6. The third-order valence-electron chi connectivity index (χ3n) is 5.58. The summed E-state index contributed by atoms with van der Waals surface area (Å²) in [7, 11) is 0. The molecule has 0 radical (unpaired) electrons. The van der Waals surface area contributed by atoms with Crippen LogP contribution in [0.15, 0.2) is 12.2 Å². The third-order valence-corrected chi connectivity index (χ3v) is 5.58. The molecule has 2 aliphatic rings. The number of aliphatic hydroxyl groups excluding tert-OH is 2. The molecule has 4 nitrogen and oxygen atoms in total. The van der Waals surface area contributed by atoms with E-state index in [4.69, 9.17) is 0 Å². The molecule has 0 aliphatic carbocycles. The third kappa shape index (κ3) is 5.05. The average molecular weight is 310 g/mol. The Morgan fingerprint density at radius 3 is 1.55 bits per heavy atom. The summed E-state index contributed by atoms with van der Waals surface area (Å²) in [5, 5.41) is 18.7. The first-order valence-electron chi connectivity index (χ1n) is 8.98. The number of hydrogen-bond donors (Lipinski definition) is 2. The molecule has 0 aromatic carbocycles. The lowest BCUT2D eigenvalue weighted by atomic mass is 9.94. The van der Waals surface area contributed by atoms with Crippen LogP contribution in [0.5, 0.6) is 0 Å². The smallest absolute Gasteiger partial charge is 0.0471 e. The summed E-state index contributed by atoms with van der Waals surface area (Å²) in [6, 6.07) is 1.25. The monoisotopic (exact) mass is 310 g/mol. The van der Waals surface area contributed by atoms with Gasteiger partial charge in [0.2, 0.25) is 0 Å². The van der Waals surface area contributed by atoms with Gasteiger partial charge >= 0.3 is 0 Å². The Balaban J connectivity index is 1.74. The first-order valence-corrected chi connectivity index (χ1v) is 8.98. The van der Waals surface area contributed by atoms with Crippen molar-refractivity contribution in [3.63, 3.8) is 0 Å². The van der Waals surface area contributed by atoms with Gasteiger partial charge in [-0.05, 0) is 51.4 Å². The van der Waals surface area contributed by atoms with Crippen molar-refractivity contribution in [2.45, 2.75) is 51.6 Å². The van der Waals surface area contributed by atoms with Crippen molar-refractivity contribution in [3.05, 3.63) is 12.2 Å². The molecule has 2 heterocycles. The second-order valence-corrected chi connectivity index (χ2v) is 7.33. The van der Waals surface area contributed by atoms with Gasteiger partial charge in [-0.1, -0.05) is 12.2 Å². The molecule has 0 aromatic heterocycles. The summed E-state index contributed by atoms with van der Waals surface area (Å²) in [6.45, 7) is 9.25. The Kier molecular flexibility index (Phi) is 7.35. The van der Waals surface area contributed by atoms with Crippen LogP contribution in [-0.2, 0) is 0 Å². The lowest BCUT2D eigenvalue weighted by Crippen LogP contribution is -2.43. The highest BCUT2D eigenvalue weighted by molar-refractivity contribution is 4.92. The van der Waals surface area contributed by atoms with Crippen LogP contribution in [0.1, 0.15) is 39.5 Å². The molecule has 2 aliphatic heterocycles. The van der Waals surface area contributed by atoms with E-state index in [9.17, 15) is 10.2 Å². The molecule has 0 amide bonds. The van der Waals surface area contributed by atoms with Crippen molar-refractivity contribution in [1.82, 2.24) is 9.80 Å². The van der Waals surface area contributed by atoms with E-state index in [2.05, 4.69) is 35.8 Å². The quantitative estimate of drug-likeness (QED) is 0.734. The summed E-state index contributed by atoms with van der Waals surface area (Å²) >= 11 is 0. The minimum atomic E-state index is 0.320. The molecule has 0 bridgehead atoms. The Morgan fingerprint density at radius 1 is 0.773 bits per heavy atom. The van der Waals surface area contributed by atoms with Crippen molar-refractivity contribution in [1.29, 1.82) is 0 Å². The Labute approximate surface area is 135 Å². The van der Waals surface area contributed by atoms with Gasteiger partial charge in [0.15, 0.2) is 0 Å². The predicted octanol–water partition coefficient (Wildman–Crippen LogP) is 1.73. The van der Waals surface area contributed by atoms with Crippen LogP contribution in [0.4, 0.5) is 0 Å².